The highest BCUT2D eigenvalue weighted by molar-refractivity contribution is 5.57. The molecule has 0 aromatic carbocycles. The van der Waals surface area contributed by atoms with Gasteiger partial charge >= 0.3 is 0 Å². The van der Waals surface area contributed by atoms with Crippen molar-refractivity contribution in [3.05, 3.63) is 11.9 Å². The molecule has 0 saturated carbocycles. The maximum absolute atomic E-state index is 6.03. The van der Waals surface area contributed by atoms with Gasteiger partial charge in [-0.15, -0.1) is 0 Å². The van der Waals surface area contributed by atoms with Crippen LogP contribution in [0.5, 0.6) is 0 Å². The highest BCUT2D eigenvalue weighted by Gasteiger charge is 2.36. The Hall–Kier alpha value is -1.32. The van der Waals surface area contributed by atoms with Crippen molar-refractivity contribution in [3.8, 4) is 0 Å². The third kappa shape index (κ3) is 2.67. The van der Waals surface area contributed by atoms with E-state index in [2.05, 4.69) is 35.6 Å². The summed E-state index contributed by atoms with van der Waals surface area (Å²) in [6.45, 7) is 8.97. The van der Waals surface area contributed by atoms with Crippen LogP contribution in [0, 0.1) is 5.41 Å². The summed E-state index contributed by atoms with van der Waals surface area (Å²) in [7, 11) is 0. The van der Waals surface area contributed by atoms with E-state index in [0.29, 0.717) is 11.2 Å². The van der Waals surface area contributed by atoms with E-state index in [0.717, 1.165) is 37.3 Å². The molecule has 2 rings (SSSR count). The number of aromatic nitrogens is 2. The lowest BCUT2D eigenvalue weighted by Crippen LogP contribution is -2.28. The number of anilines is 2. The summed E-state index contributed by atoms with van der Waals surface area (Å²) in [6.07, 6.45) is 7.37. The summed E-state index contributed by atoms with van der Waals surface area (Å²) >= 11 is 0. The monoisotopic (exact) mass is 262 g/mol. The molecule has 0 radical (unpaired) electrons. The Morgan fingerprint density at radius 2 is 2.00 bits per heavy atom. The number of nitrogens with two attached hydrogens (primary N) is 1. The Morgan fingerprint density at radius 1 is 1.26 bits per heavy atom. The van der Waals surface area contributed by atoms with Crippen LogP contribution >= 0.6 is 0 Å². The maximum Gasteiger partial charge on any atom is 0.137 e. The predicted octanol–water partition coefficient (Wildman–Crippen LogP) is 3.03. The first-order valence-electron chi connectivity index (χ1n) is 7.50. The maximum atomic E-state index is 6.03. The zero-order valence-corrected chi connectivity index (χ0v) is 12.4. The number of nitrogen functional groups attached to an aromatic ring is 1. The minimum atomic E-state index is 0.462. The molecule has 2 heterocycles. The SMILES string of the molecule is CCCc1c(N)ncnc1N1CCC(CC)(CC)C1. The summed E-state index contributed by atoms with van der Waals surface area (Å²) in [5.74, 6) is 1.72. The van der Waals surface area contributed by atoms with Gasteiger partial charge in [-0.25, -0.2) is 9.97 Å². The Labute approximate surface area is 116 Å². The van der Waals surface area contributed by atoms with Crippen molar-refractivity contribution in [1.29, 1.82) is 0 Å². The van der Waals surface area contributed by atoms with E-state index in [-0.39, 0.29) is 0 Å². The molecule has 19 heavy (non-hydrogen) atoms. The second-order valence-electron chi connectivity index (χ2n) is 5.69. The number of rotatable bonds is 5. The lowest BCUT2D eigenvalue weighted by molar-refractivity contribution is 0.301. The lowest BCUT2D eigenvalue weighted by Gasteiger charge is -2.27. The molecule has 1 aliphatic heterocycles. The molecule has 2 N–H and O–H groups in total. The van der Waals surface area contributed by atoms with E-state index in [1.54, 1.807) is 6.33 Å². The molecule has 106 valence electrons. The van der Waals surface area contributed by atoms with Gasteiger partial charge in [0.2, 0.25) is 0 Å². The molecule has 4 heteroatoms. The van der Waals surface area contributed by atoms with Gasteiger partial charge in [-0.2, -0.15) is 0 Å². The molecule has 1 aliphatic rings. The van der Waals surface area contributed by atoms with Crippen LogP contribution in [-0.2, 0) is 6.42 Å². The van der Waals surface area contributed by atoms with Crippen molar-refractivity contribution < 1.29 is 0 Å². The Morgan fingerprint density at radius 3 is 2.58 bits per heavy atom. The van der Waals surface area contributed by atoms with Crippen LogP contribution in [0.25, 0.3) is 0 Å². The van der Waals surface area contributed by atoms with Crippen molar-refractivity contribution in [1.82, 2.24) is 9.97 Å². The van der Waals surface area contributed by atoms with Gasteiger partial charge in [-0.05, 0) is 31.1 Å². The highest BCUT2D eigenvalue weighted by Crippen LogP contribution is 2.39. The van der Waals surface area contributed by atoms with E-state index in [1.165, 1.54) is 19.3 Å². The molecular weight excluding hydrogens is 236 g/mol. The molecule has 0 amide bonds. The molecular formula is C15H26N4. The number of hydrogen-bond donors (Lipinski definition) is 1. The van der Waals surface area contributed by atoms with Crippen molar-refractivity contribution in [3.63, 3.8) is 0 Å². The summed E-state index contributed by atoms with van der Waals surface area (Å²) in [5, 5.41) is 0. The Balaban J connectivity index is 2.26. The molecule has 4 nitrogen and oxygen atoms in total. The van der Waals surface area contributed by atoms with Gasteiger partial charge in [-0.1, -0.05) is 27.2 Å². The minimum Gasteiger partial charge on any atom is -0.383 e. The van der Waals surface area contributed by atoms with E-state index in [1.807, 2.05) is 0 Å². The van der Waals surface area contributed by atoms with Gasteiger partial charge in [0.1, 0.15) is 18.0 Å². The van der Waals surface area contributed by atoms with E-state index >= 15 is 0 Å². The van der Waals surface area contributed by atoms with E-state index in [9.17, 15) is 0 Å². The predicted molar refractivity (Wildman–Crippen MR) is 80.3 cm³/mol. The van der Waals surface area contributed by atoms with Crippen LogP contribution in [0.2, 0.25) is 0 Å². The normalized spacial score (nSPS) is 17.9. The molecule has 1 aromatic heterocycles. The van der Waals surface area contributed by atoms with Gasteiger partial charge in [0, 0.05) is 18.7 Å². The Bertz CT molecular complexity index is 426. The minimum absolute atomic E-state index is 0.462. The largest absolute Gasteiger partial charge is 0.383 e. The van der Waals surface area contributed by atoms with Gasteiger partial charge < -0.3 is 10.6 Å². The smallest absolute Gasteiger partial charge is 0.137 e. The standard InChI is InChI=1S/C15H26N4/c1-4-7-12-13(16)17-11-18-14(12)19-9-8-15(5-2,6-3)10-19/h11H,4-10H2,1-3H3,(H2,16,17,18). The van der Waals surface area contributed by atoms with E-state index in [4.69, 9.17) is 5.73 Å². The van der Waals surface area contributed by atoms with Crippen molar-refractivity contribution in [2.45, 2.75) is 52.9 Å². The van der Waals surface area contributed by atoms with E-state index < -0.39 is 0 Å². The third-order valence-corrected chi connectivity index (χ3v) is 4.69. The number of hydrogen-bond acceptors (Lipinski definition) is 4. The Kier molecular flexibility index (Phi) is 4.27. The first-order chi connectivity index (χ1) is 9.15. The first-order valence-corrected chi connectivity index (χ1v) is 7.50. The van der Waals surface area contributed by atoms with Crippen molar-refractivity contribution in [2.24, 2.45) is 5.41 Å². The van der Waals surface area contributed by atoms with Gasteiger partial charge in [0.25, 0.3) is 0 Å². The summed E-state index contributed by atoms with van der Waals surface area (Å²) in [6, 6.07) is 0. The second kappa shape index (κ2) is 5.76. The summed E-state index contributed by atoms with van der Waals surface area (Å²) in [4.78, 5) is 11.1. The highest BCUT2D eigenvalue weighted by atomic mass is 15.2. The zero-order chi connectivity index (χ0) is 13.9. The summed E-state index contributed by atoms with van der Waals surface area (Å²) in [5.41, 5.74) is 7.62. The van der Waals surface area contributed by atoms with Gasteiger partial charge in [-0.3, -0.25) is 0 Å². The quantitative estimate of drug-likeness (QED) is 0.886. The molecule has 0 aliphatic carbocycles. The molecule has 1 fully saturated rings. The average molecular weight is 262 g/mol. The van der Waals surface area contributed by atoms with Crippen LogP contribution in [-0.4, -0.2) is 23.1 Å². The topological polar surface area (TPSA) is 55.0 Å². The molecule has 0 spiro atoms. The molecule has 0 unspecified atom stereocenters. The van der Waals surface area contributed by atoms with Crippen LogP contribution < -0.4 is 10.6 Å². The third-order valence-electron chi connectivity index (χ3n) is 4.69. The fourth-order valence-electron chi connectivity index (χ4n) is 3.12. The van der Waals surface area contributed by atoms with Crippen molar-refractivity contribution >= 4 is 11.6 Å². The molecule has 0 bridgehead atoms. The van der Waals surface area contributed by atoms with Crippen LogP contribution in [0.3, 0.4) is 0 Å². The van der Waals surface area contributed by atoms with Crippen LogP contribution in [0.1, 0.15) is 52.0 Å². The molecule has 1 saturated heterocycles. The molecule has 0 atom stereocenters. The number of nitrogens with zero attached hydrogens (tertiary/aromatic N) is 3. The summed E-state index contributed by atoms with van der Waals surface area (Å²) < 4.78 is 0. The van der Waals surface area contributed by atoms with Crippen LogP contribution in [0.15, 0.2) is 6.33 Å². The van der Waals surface area contributed by atoms with Gasteiger partial charge in [0.15, 0.2) is 0 Å². The first kappa shape index (κ1) is 14.1. The lowest BCUT2D eigenvalue weighted by atomic mass is 9.82. The van der Waals surface area contributed by atoms with Crippen molar-refractivity contribution in [2.75, 3.05) is 23.7 Å². The second-order valence-corrected chi connectivity index (χ2v) is 5.69. The fraction of sp³-hybridized carbons (Fsp3) is 0.733. The molecule has 1 aromatic rings. The van der Waals surface area contributed by atoms with Crippen LogP contribution in [0.4, 0.5) is 11.6 Å². The fourth-order valence-corrected chi connectivity index (χ4v) is 3.12. The van der Waals surface area contributed by atoms with Gasteiger partial charge in [0.05, 0.1) is 0 Å². The zero-order valence-electron chi connectivity index (χ0n) is 12.4. The average Bonchev–Trinajstić information content (AvgIpc) is 2.86.